The fourth-order valence-corrected chi connectivity index (χ4v) is 2.18. The Balaban J connectivity index is 2.20. The van der Waals surface area contributed by atoms with Gasteiger partial charge >= 0.3 is 0 Å². The van der Waals surface area contributed by atoms with E-state index in [9.17, 15) is 4.79 Å². The smallest absolute Gasteiger partial charge is 0.240 e. The third-order valence-electron chi connectivity index (χ3n) is 3.46. The second-order valence-electron chi connectivity index (χ2n) is 4.87. The number of nitrogens with zero attached hydrogens (tertiary/aromatic N) is 1. The standard InChI is InChI=1S/C15H21N3O/c1-3-11(2)17-15(19)10-18-8-7-13-12(9-16)5-4-6-14(13)18/h4-8,11H,3,9-10,16H2,1-2H3,(H,17,19). The topological polar surface area (TPSA) is 60.0 Å². The number of nitrogens with two attached hydrogens (primary N) is 1. The van der Waals surface area contributed by atoms with Crippen LogP contribution in [0.2, 0.25) is 0 Å². The highest BCUT2D eigenvalue weighted by molar-refractivity contribution is 5.85. The minimum Gasteiger partial charge on any atom is -0.352 e. The van der Waals surface area contributed by atoms with Crippen LogP contribution in [0.15, 0.2) is 30.5 Å². The highest BCUT2D eigenvalue weighted by Gasteiger charge is 2.09. The number of carbonyl (C=O) groups is 1. The van der Waals surface area contributed by atoms with Crippen molar-refractivity contribution in [2.45, 2.75) is 39.4 Å². The van der Waals surface area contributed by atoms with E-state index in [0.717, 1.165) is 22.9 Å². The van der Waals surface area contributed by atoms with Crippen molar-refractivity contribution in [1.82, 2.24) is 9.88 Å². The summed E-state index contributed by atoms with van der Waals surface area (Å²) in [5.74, 6) is 0.0463. The SMILES string of the molecule is CCC(C)NC(=O)Cn1ccc2c(CN)cccc21. The monoisotopic (exact) mass is 259 g/mol. The van der Waals surface area contributed by atoms with Crippen molar-refractivity contribution in [2.24, 2.45) is 5.73 Å². The number of nitrogens with one attached hydrogen (secondary N) is 1. The largest absolute Gasteiger partial charge is 0.352 e. The van der Waals surface area contributed by atoms with Gasteiger partial charge in [0, 0.05) is 29.7 Å². The molecule has 0 radical (unpaired) electrons. The molecule has 1 atom stereocenters. The molecule has 0 saturated carbocycles. The van der Waals surface area contributed by atoms with E-state index in [1.54, 1.807) is 0 Å². The van der Waals surface area contributed by atoms with Gasteiger partial charge in [-0.05, 0) is 31.0 Å². The Hall–Kier alpha value is -1.81. The lowest BCUT2D eigenvalue weighted by atomic mass is 10.1. The zero-order chi connectivity index (χ0) is 13.8. The van der Waals surface area contributed by atoms with Gasteiger partial charge in [-0.15, -0.1) is 0 Å². The van der Waals surface area contributed by atoms with Gasteiger partial charge < -0.3 is 15.6 Å². The van der Waals surface area contributed by atoms with Crippen LogP contribution in [-0.4, -0.2) is 16.5 Å². The van der Waals surface area contributed by atoms with Crippen LogP contribution in [0, 0.1) is 0 Å². The van der Waals surface area contributed by atoms with Gasteiger partial charge in [0.1, 0.15) is 6.54 Å². The molecule has 19 heavy (non-hydrogen) atoms. The Labute approximate surface area is 113 Å². The molecule has 0 fully saturated rings. The van der Waals surface area contributed by atoms with Crippen molar-refractivity contribution >= 4 is 16.8 Å². The first kappa shape index (κ1) is 13.6. The van der Waals surface area contributed by atoms with Gasteiger partial charge in [-0.3, -0.25) is 4.79 Å². The van der Waals surface area contributed by atoms with Gasteiger partial charge in [-0.2, -0.15) is 0 Å². The molecule has 2 rings (SSSR count). The Morgan fingerprint density at radius 3 is 2.89 bits per heavy atom. The molecule has 4 nitrogen and oxygen atoms in total. The molecule has 2 aromatic rings. The van der Waals surface area contributed by atoms with Gasteiger partial charge in [0.15, 0.2) is 0 Å². The zero-order valence-electron chi connectivity index (χ0n) is 11.5. The molecular formula is C15H21N3O. The highest BCUT2D eigenvalue weighted by atomic mass is 16.2. The molecule has 1 unspecified atom stereocenters. The number of carbonyl (C=O) groups excluding carboxylic acids is 1. The summed E-state index contributed by atoms with van der Waals surface area (Å²) < 4.78 is 1.96. The van der Waals surface area contributed by atoms with Crippen LogP contribution in [0.3, 0.4) is 0 Å². The molecule has 1 aromatic carbocycles. The average Bonchev–Trinajstić information content (AvgIpc) is 2.81. The van der Waals surface area contributed by atoms with Crippen molar-refractivity contribution in [3.63, 3.8) is 0 Å². The maximum Gasteiger partial charge on any atom is 0.240 e. The predicted molar refractivity (Wildman–Crippen MR) is 77.7 cm³/mol. The second kappa shape index (κ2) is 5.89. The third-order valence-corrected chi connectivity index (χ3v) is 3.46. The molecule has 1 aromatic heterocycles. The lowest BCUT2D eigenvalue weighted by Crippen LogP contribution is -2.34. The van der Waals surface area contributed by atoms with Crippen molar-refractivity contribution in [3.8, 4) is 0 Å². The Morgan fingerprint density at radius 2 is 2.21 bits per heavy atom. The summed E-state index contributed by atoms with van der Waals surface area (Å²) in [7, 11) is 0. The molecular weight excluding hydrogens is 238 g/mol. The molecule has 4 heteroatoms. The number of hydrogen-bond acceptors (Lipinski definition) is 2. The van der Waals surface area contributed by atoms with Gasteiger partial charge in [0.25, 0.3) is 0 Å². The Bertz CT molecular complexity index is 574. The summed E-state index contributed by atoms with van der Waals surface area (Å²) in [6, 6.07) is 8.26. The van der Waals surface area contributed by atoms with Crippen molar-refractivity contribution in [3.05, 3.63) is 36.0 Å². The normalized spacial score (nSPS) is 12.6. The maximum absolute atomic E-state index is 11.9. The maximum atomic E-state index is 11.9. The van der Waals surface area contributed by atoms with E-state index in [1.165, 1.54) is 0 Å². The van der Waals surface area contributed by atoms with Crippen molar-refractivity contribution in [1.29, 1.82) is 0 Å². The number of hydrogen-bond donors (Lipinski definition) is 2. The van der Waals surface area contributed by atoms with Crippen LogP contribution in [0.4, 0.5) is 0 Å². The van der Waals surface area contributed by atoms with Crippen molar-refractivity contribution in [2.75, 3.05) is 0 Å². The van der Waals surface area contributed by atoms with E-state index in [0.29, 0.717) is 13.1 Å². The minimum atomic E-state index is 0.0463. The molecule has 0 aliphatic rings. The van der Waals surface area contributed by atoms with Crippen LogP contribution >= 0.6 is 0 Å². The summed E-state index contributed by atoms with van der Waals surface area (Å²) in [6.45, 7) is 4.93. The number of rotatable bonds is 5. The molecule has 0 aliphatic carbocycles. The predicted octanol–water partition coefficient (Wildman–Crippen LogP) is 2.01. The lowest BCUT2D eigenvalue weighted by molar-refractivity contribution is -0.122. The molecule has 102 valence electrons. The molecule has 1 amide bonds. The average molecular weight is 259 g/mol. The van der Waals surface area contributed by atoms with Gasteiger partial charge in [0.2, 0.25) is 5.91 Å². The van der Waals surface area contributed by atoms with Crippen LogP contribution in [0.5, 0.6) is 0 Å². The van der Waals surface area contributed by atoms with Crippen LogP contribution in [0.1, 0.15) is 25.8 Å². The first-order valence-corrected chi connectivity index (χ1v) is 6.71. The molecule has 0 spiro atoms. The van der Waals surface area contributed by atoms with Crippen molar-refractivity contribution < 1.29 is 4.79 Å². The molecule has 0 saturated heterocycles. The first-order valence-electron chi connectivity index (χ1n) is 6.71. The first-order chi connectivity index (χ1) is 9.15. The van der Waals surface area contributed by atoms with E-state index in [-0.39, 0.29) is 11.9 Å². The van der Waals surface area contributed by atoms with Gasteiger partial charge in [-0.1, -0.05) is 19.1 Å². The summed E-state index contributed by atoms with van der Waals surface area (Å²) >= 11 is 0. The summed E-state index contributed by atoms with van der Waals surface area (Å²) in [4.78, 5) is 11.9. The molecule has 0 aliphatic heterocycles. The fraction of sp³-hybridized carbons (Fsp3) is 0.400. The number of amides is 1. The lowest BCUT2D eigenvalue weighted by Gasteiger charge is -2.12. The number of aromatic nitrogens is 1. The Morgan fingerprint density at radius 1 is 1.42 bits per heavy atom. The Kier molecular flexibility index (Phi) is 4.22. The minimum absolute atomic E-state index is 0.0463. The van der Waals surface area contributed by atoms with E-state index in [1.807, 2.05) is 42.0 Å². The second-order valence-corrected chi connectivity index (χ2v) is 4.87. The highest BCUT2D eigenvalue weighted by Crippen LogP contribution is 2.19. The number of fused-ring (bicyclic) bond motifs is 1. The summed E-state index contributed by atoms with van der Waals surface area (Å²) in [6.07, 6.45) is 2.88. The van der Waals surface area contributed by atoms with Crippen LogP contribution in [-0.2, 0) is 17.9 Å². The number of benzene rings is 1. The van der Waals surface area contributed by atoms with Crippen LogP contribution < -0.4 is 11.1 Å². The van der Waals surface area contributed by atoms with E-state index >= 15 is 0 Å². The van der Waals surface area contributed by atoms with Gasteiger partial charge in [-0.25, -0.2) is 0 Å². The summed E-state index contributed by atoms with van der Waals surface area (Å²) in [5, 5.41) is 4.10. The molecule has 0 bridgehead atoms. The van der Waals surface area contributed by atoms with Crippen LogP contribution in [0.25, 0.3) is 10.9 Å². The third kappa shape index (κ3) is 2.96. The van der Waals surface area contributed by atoms with E-state index < -0.39 is 0 Å². The van der Waals surface area contributed by atoms with E-state index in [2.05, 4.69) is 12.2 Å². The molecule has 1 heterocycles. The van der Waals surface area contributed by atoms with Gasteiger partial charge in [0.05, 0.1) is 0 Å². The quantitative estimate of drug-likeness (QED) is 0.863. The zero-order valence-corrected chi connectivity index (χ0v) is 11.5. The molecule has 3 N–H and O–H groups in total. The fourth-order valence-electron chi connectivity index (χ4n) is 2.18. The summed E-state index contributed by atoms with van der Waals surface area (Å²) in [5.41, 5.74) is 7.89. The van der Waals surface area contributed by atoms with E-state index in [4.69, 9.17) is 5.73 Å².